The lowest BCUT2D eigenvalue weighted by atomic mass is 9.33. The Labute approximate surface area is 181 Å². The second-order valence-corrected chi connectivity index (χ2v) is 13.9. The van der Waals surface area contributed by atoms with Gasteiger partial charge in [0, 0.05) is 0 Å². The molecule has 0 nitrogen and oxygen atoms in total. The number of hydrogen-bond donors (Lipinski definition) is 0. The zero-order valence-corrected chi connectivity index (χ0v) is 20.4. The second kappa shape index (κ2) is 6.38. The van der Waals surface area contributed by atoms with E-state index in [9.17, 15) is 0 Å². The first-order valence-electron chi connectivity index (χ1n) is 13.2. The molecule has 9 unspecified atom stereocenters. The van der Waals surface area contributed by atoms with Crippen LogP contribution in [0.25, 0.3) is 0 Å². The van der Waals surface area contributed by atoms with E-state index in [4.69, 9.17) is 0 Å². The van der Waals surface area contributed by atoms with Crippen LogP contribution in [0.3, 0.4) is 0 Å². The third kappa shape index (κ3) is 2.56. The molecule has 5 rings (SSSR count). The average molecular weight is 397 g/mol. The minimum atomic E-state index is 0.556. The lowest BCUT2D eigenvalue weighted by molar-refractivity contribution is -0.228. The fourth-order valence-corrected chi connectivity index (χ4v) is 11.3. The van der Waals surface area contributed by atoms with Crippen molar-refractivity contribution in [2.45, 2.75) is 112 Å². The van der Waals surface area contributed by atoms with E-state index in [1.54, 1.807) is 0 Å². The summed E-state index contributed by atoms with van der Waals surface area (Å²) < 4.78 is 0. The van der Waals surface area contributed by atoms with Crippen LogP contribution in [0.4, 0.5) is 0 Å². The van der Waals surface area contributed by atoms with E-state index >= 15 is 0 Å². The van der Waals surface area contributed by atoms with E-state index in [0.717, 1.165) is 35.5 Å². The van der Waals surface area contributed by atoms with Crippen LogP contribution in [0.15, 0.2) is 12.2 Å². The standard InChI is InChI=1S/C29H48/c1-19(2)21-10-9-20-13-17-28(6)22(25(20)21)11-12-24-27(5)16-8-15-26(3,4)23(27)14-18-29(24,28)7/h20-25H,1,8-18H2,2-7H3. The molecule has 5 aliphatic carbocycles. The molecule has 0 heteroatoms. The summed E-state index contributed by atoms with van der Waals surface area (Å²) in [5, 5.41) is 0. The fourth-order valence-electron chi connectivity index (χ4n) is 11.3. The molecule has 5 aliphatic rings. The maximum absolute atomic E-state index is 4.47. The highest BCUT2D eigenvalue weighted by Crippen LogP contribution is 2.76. The first kappa shape index (κ1) is 20.6. The Bertz CT molecular complexity index is 686. The van der Waals surface area contributed by atoms with Gasteiger partial charge in [0.25, 0.3) is 0 Å². The SMILES string of the molecule is C=C(C)C1CCC2CCC3(C)C(CCC4C5(C)CCCC(C)(C)C5CCC43C)C21. The van der Waals surface area contributed by atoms with Gasteiger partial charge in [-0.25, -0.2) is 0 Å². The Morgan fingerprint density at radius 1 is 0.724 bits per heavy atom. The second-order valence-electron chi connectivity index (χ2n) is 13.9. The molecular formula is C29H48. The number of rotatable bonds is 1. The molecule has 0 radical (unpaired) electrons. The van der Waals surface area contributed by atoms with Crippen LogP contribution in [-0.4, -0.2) is 0 Å². The first-order valence-corrected chi connectivity index (χ1v) is 13.2. The van der Waals surface area contributed by atoms with Crippen LogP contribution in [0.2, 0.25) is 0 Å². The highest BCUT2D eigenvalue weighted by molar-refractivity contribution is 5.18. The molecule has 9 atom stereocenters. The van der Waals surface area contributed by atoms with Crippen molar-refractivity contribution in [3.63, 3.8) is 0 Å². The molecule has 0 aromatic carbocycles. The Balaban J connectivity index is 1.53. The van der Waals surface area contributed by atoms with Gasteiger partial charge in [-0.3, -0.25) is 0 Å². The van der Waals surface area contributed by atoms with E-state index in [-0.39, 0.29) is 0 Å². The number of hydrogen-bond acceptors (Lipinski definition) is 0. The smallest absolute Gasteiger partial charge is 0.0175 e. The Morgan fingerprint density at radius 3 is 2.17 bits per heavy atom. The van der Waals surface area contributed by atoms with Crippen molar-refractivity contribution in [2.24, 2.45) is 57.2 Å². The molecule has 29 heavy (non-hydrogen) atoms. The van der Waals surface area contributed by atoms with Crippen molar-refractivity contribution in [3.05, 3.63) is 12.2 Å². The van der Waals surface area contributed by atoms with E-state index in [1.165, 1.54) is 76.2 Å². The zero-order chi connectivity index (χ0) is 20.8. The van der Waals surface area contributed by atoms with Gasteiger partial charge in [0.15, 0.2) is 0 Å². The normalized spacial score (nSPS) is 55.9. The van der Waals surface area contributed by atoms with Gasteiger partial charge in [0.2, 0.25) is 0 Å². The lowest BCUT2D eigenvalue weighted by Crippen LogP contribution is -2.64. The highest BCUT2D eigenvalue weighted by Gasteiger charge is 2.68. The maximum atomic E-state index is 4.47. The van der Waals surface area contributed by atoms with Crippen LogP contribution < -0.4 is 0 Å². The van der Waals surface area contributed by atoms with Crippen molar-refractivity contribution < 1.29 is 0 Å². The predicted molar refractivity (Wildman–Crippen MR) is 125 cm³/mol. The van der Waals surface area contributed by atoms with Gasteiger partial charge in [-0.05, 0) is 128 Å². The third-order valence-corrected chi connectivity index (χ3v) is 12.7. The van der Waals surface area contributed by atoms with Crippen molar-refractivity contribution in [3.8, 4) is 0 Å². The monoisotopic (exact) mass is 396 g/mol. The van der Waals surface area contributed by atoms with E-state index in [1.807, 2.05) is 0 Å². The molecule has 0 heterocycles. The minimum Gasteiger partial charge on any atom is -0.0999 e. The van der Waals surface area contributed by atoms with E-state index < -0.39 is 0 Å². The summed E-state index contributed by atoms with van der Waals surface area (Å²) in [4.78, 5) is 0. The largest absolute Gasteiger partial charge is 0.0999 e. The molecule has 0 amide bonds. The molecule has 0 aromatic rings. The Hall–Kier alpha value is -0.260. The quantitative estimate of drug-likeness (QED) is 0.389. The molecule has 164 valence electrons. The van der Waals surface area contributed by atoms with E-state index in [2.05, 4.69) is 48.1 Å². The summed E-state index contributed by atoms with van der Waals surface area (Å²) in [5.74, 6) is 5.66. The Kier molecular flexibility index (Phi) is 4.54. The molecule has 5 fully saturated rings. The summed E-state index contributed by atoms with van der Waals surface area (Å²) in [5.41, 5.74) is 3.76. The number of allylic oxidation sites excluding steroid dienone is 1. The average Bonchev–Trinajstić information content (AvgIpc) is 3.06. The molecule has 0 saturated heterocycles. The van der Waals surface area contributed by atoms with Gasteiger partial charge in [-0.1, -0.05) is 53.2 Å². The summed E-state index contributed by atoms with van der Waals surface area (Å²) >= 11 is 0. The van der Waals surface area contributed by atoms with Gasteiger partial charge >= 0.3 is 0 Å². The maximum Gasteiger partial charge on any atom is -0.0175 e. The van der Waals surface area contributed by atoms with Gasteiger partial charge in [-0.15, -0.1) is 0 Å². The molecule has 0 spiro atoms. The van der Waals surface area contributed by atoms with Gasteiger partial charge < -0.3 is 0 Å². The molecular weight excluding hydrogens is 348 g/mol. The molecule has 0 bridgehead atoms. The van der Waals surface area contributed by atoms with Crippen LogP contribution >= 0.6 is 0 Å². The van der Waals surface area contributed by atoms with Crippen molar-refractivity contribution >= 4 is 0 Å². The van der Waals surface area contributed by atoms with Gasteiger partial charge in [-0.2, -0.15) is 0 Å². The topological polar surface area (TPSA) is 0 Å². The van der Waals surface area contributed by atoms with Crippen molar-refractivity contribution in [2.75, 3.05) is 0 Å². The van der Waals surface area contributed by atoms with Crippen molar-refractivity contribution in [1.82, 2.24) is 0 Å². The summed E-state index contributed by atoms with van der Waals surface area (Å²) in [6.45, 7) is 20.3. The summed E-state index contributed by atoms with van der Waals surface area (Å²) in [6.07, 6.45) is 16.4. The number of fused-ring (bicyclic) bond motifs is 7. The zero-order valence-electron chi connectivity index (χ0n) is 20.4. The molecule has 0 N–H and O–H groups in total. The van der Waals surface area contributed by atoms with Crippen LogP contribution in [0, 0.1) is 57.2 Å². The fraction of sp³-hybridized carbons (Fsp3) is 0.931. The first-order chi connectivity index (χ1) is 13.5. The minimum absolute atomic E-state index is 0.556. The molecule has 0 aromatic heterocycles. The van der Waals surface area contributed by atoms with Gasteiger partial charge in [0.1, 0.15) is 0 Å². The summed E-state index contributed by atoms with van der Waals surface area (Å²) in [7, 11) is 0. The lowest BCUT2D eigenvalue weighted by Gasteiger charge is -2.72. The van der Waals surface area contributed by atoms with Crippen LogP contribution in [0.1, 0.15) is 112 Å². The molecule has 5 saturated carbocycles. The Morgan fingerprint density at radius 2 is 1.45 bits per heavy atom. The highest BCUT2D eigenvalue weighted by atomic mass is 14.7. The van der Waals surface area contributed by atoms with Crippen molar-refractivity contribution in [1.29, 1.82) is 0 Å². The summed E-state index contributed by atoms with van der Waals surface area (Å²) in [6, 6.07) is 0. The van der Waals surface area contributed by atoms with E-state index in [0.29, 0.717) is 21.7 Å². The molecule has 0 aliphatic heterocycles. The van der Waals surface area contributed by atoms with Crippen LogP contribution in [0.5, 0.6) is 0 Å². The van der Waals surface area contributed by atoms with Crippen LogP contribution in [-0.2, 0) is 0 Å². The predicted octanol–water partition coefficient (Wildman–Crippen LogP) is 8.66. The van der Waals surface area contributed by atoms with Gasteiger partial charge in [0.05, 0.1) is 0 Å². The third-order valence-electron chi connectivity index (χ3n) is 12.7.